The summed E-state index contributed by atoms with van der Waals surface area (Å²) >= 11 is 0.845. The van der Waals surface area contributed by atoms with E-state index < -0.39 is 11.9 Å². The molecular formula is C7H8N2O4S. The first kappa shape index (κ1) is 10.5. The van der Waals surface area contributed by atoms with Crippen LogP contribution in [0.4, 0.5) is 5.00 Å². The van der Waals surface area contributed by atoms with E-state index in [1.807, 2.05) is 0 Å². The summed E-state index contributed by atoms with van der Waals surface area (Å²) in [5.41, 5.74) is 5.31. The highest BCUT2D eigenvalue weighted by Crippen LogP contribution is 2.22. The summed E-state index contributed by atoms with van der Waals surface area (Å²) in [6.45, 7) is 0. The van der Waals surface area contributed by atoms with Gasteiger partial charge in [-0.15, -0.1) is 0 Å². The number of ether oxygens (including phenoxy) is 2. The quantitative estimate of drug-likeness (QED) is 0.715. The molecule has 2 N–H and O–H groups in total. The highest BCUT2D eigenvalue weighted by atomic mass is 32.1. The minimum atomic E-state index is -0.710. The third-order valence-electron chi connectivity index (χ3n) is 1.49. The summed E-state index contributed by atoms with van der Waals surface area (Å²) in [4.78, 5) is 22.3. The molecule has 7 heteroatoms. The van der Waals surface area contributed by atoms with E-state index in [1.165, 1.54) is 14.2 Å². The van der Waals surface area contributed by atoms with Gasteiger partial charge in [0.05, 0.1) is 14.2 Å². The molecule has 0 aromatic carbocycles. The number of nitrogens with zero attached hydrogens (tertiary/aromatic N) is 1. The Hall–Kier alpha value is -1.63. The van der Waals surface area contributed by atoms with Crippen molar-refractivity contribution in [1.29, 1.82) is 0 Å². The number of anilines is 1. The van der Waals surface area contributed by atoms with Gasteiger partial charge in [-0.1, -0.05) is 0 Å². The molecule has 0 spiro atoms. The lowest BCUT2D eigenvalue weighted by Gasteiger charge is -1.99. The van der Waals surface area contributed by atoms with Crippen molar-refractivity contribution >= 4 is 28.5 Å². The molecule has 0 atom stereocenters. The monoisotopic (exact) mass is 216 g/mol. The van der Waals surface area contributed by atoms with Gasteiger partial charge in [0.1, 0.15) is 10.6 Å². The van der Waals surface area contributed by atoms with Crippen molar-refractivity contribution < 1.29 is 19.1 Å². The number of carbonyl (C=O) groups is 2. The van der Waals surface area contributed by atoms with Gasteiger partial charge < -0.3 is 15.2 Å². The molecule has 0 amide bonds. The molecule has 1 aromatic rings. The SMILES string of the molecule is COC(=O)c1nsc(N)c1C(=O)OC. The Labute approximate surface area is 83.8 Å². The summed E-state index contributed by atoms with van der Waals surface area (Å²) in [6, 6.07) is 0. The largest absolute Gasteiger partial charge is 0.465 e. The van der Waals surface area contributed by atoms with E-state index in [2.05, 4.69) is 13.8 Å². The Balaban J connectivity index is 3.19. The summed E-state index contributed by atoms with van der Waals surface area (Å²) in [7, 11) is 2.39. The van der Waals surface area contributed by atoms with Crippen LogP contribution in [-0.2, 0) is 9.47 Å². The molecule has 0 saturated heterocycles. The first-order chi connectivity index (χ1) is 6.61. The lowest BCUT2D eigenvalue weighted by molar-refractivity contribution is 0.0553. The van der Waals surface area contributed by atoms with E-state index in [0.29, 0.717) is 0 Å². The van der Waals surface area contributed by atoms with Crippen LogP contribution >= 0.6 is 11.5 Å². The average Bonchev–Trinajstić information content (AvgIpc) is 2.58. The smallest absolute Gasteiger partial charge is 0.358 e. The van der Waals surface area contributed by atoms with Crippen LogP contribution in [0.2, 0.25) is 0 Å². The molecule has 0 bridgehead atoms. The van der Waals surface area contributed by atoms with Gasteiger partial charge in [-0.25, -0.2) is 9.59 Å². The number of methoxy groups -OCH3 is 2. The van der Waals surface area contributed by atoms with E-state index in [0.717, 1.165) is 11.5 Å². The molecule has 1 heterocycles. The molecule has 0 aliphatic heterocycles. The fourth-order valence-corrected chi connectivity index (χ4v) is 1.46. The number of hydrogen-bond acceptors (Lipinski definition) is 7. The maximum atomic E-state index is 11.2. The maximum absolute atomic E-state index is 11.2. The fraction of sp³-hybridized carbons (Fsp3) is 0.286. The first-order valence-electron chi connectivity index (χ1n) is 3.53. The third kappa shape index (κ3) is 1.67. The predicted octanol–water partition coefficient (Wildman–Crippen LogP) is 0.299. The van der Waals surface area contributed by atoms with Crippen molar-refractivity contribution in [2.75, 3.05) is 20.0 Å². The molecule has 14 heavy (non-hydrogen) atoms. The highest BCUT2D eigenvalue weighted by molar-refractivity contribution is 7.10. The number of aromatic nitrogens is 1. The van der Waals surface area contributed by atoms with Crippen LogP contribution in [0.25, 0.3) is 0 Å². The van der Waals surface area contributed by atoms with E-state index in [9.17, 15) is 9.59 Å². The van der Waals surface area contributed by atoms with E-state index in [4.69, 9.17) is 5.73 Å². The molecule has 0 unspecified atom stereocenters. The second kappa shape index (κ2) is 4.05. The number of nitrogen functional groups attached to an aromatic ring is 1. The molecule has 6 nitrogen and oxygen atoms in total. The fourth-order valence-electron chi connectivity index (χ4n) is 0.838. The van der Waals surface area contributed by atoms with Gasteiger partial charge in [-0.05, 0) is 11.5 Å². The molecule has 0 aliphatic rings. The summed E-state index contributed by atoms with van der Waals surface area (Å²) in [6.07, 6.45) is 0. The Bertz CT molecular complexity index is 374. The Morgan fingerprint density at radius 2 is 1.86 bits per heavy atom. The van der Waals surface area contributed by atoms with Crippen LogP contribution in [0.5, 0.6) is 0 Å². The summed E-state index contributed by atoms with van der Waals surface area (Å²) in [5, 5.41) is 0.136. The minimum absolute atomic E-state index is 0.0376. The first-order valence-corrected chi connectivity index (χ1v) is 4.31. The minimum Gasteiger partial charge on any atom is -0.465 e. The van der Waals surface area contributed by atoms with Gasteiger partial charge in [-0.3, -0.25) is 0 Å². The zero-order valence-corrected chi connectivity index (χ0v) is 8.38. The van der Waals surface area contributed by atoms with Gasteiger partial charge in [-0.2, -0.15) is 4.37 Å². The Morgan fingerprint density at radius 3 is 2.36 bits per heavy atom. The molecular weight excluding hydrogens is 208 g/mol. The van der Waals surface area contributed by atoms with Crippen molar-refractivity contribution in [1.82, 2.24) is 4.37 Å². The summed E-state index contributed by atoms with van der Waals surface area (Å²) < 4.78 is 12.6. The Morgan fingerprint density at radius 1 is 1.29 bits per heavy atom. The van der Waals surface area contributed by atoms with Crippen LogP contribution in [-0.4, -0.2) is 30.5 Å². The lowest BCUT2D eigenvalue weighted by atomic mass is 10.2. The zero-order valence-electron chi connectivity index (χ0n) is 7.57. The Kier molecular flexibility index (Phi) is 3.03. The van der Waals surface area contributed by atoms with Gasteiger partial charge >= 0.3 is 11.9 Å². The topological polar surface area (TPSA) is 91.5 Å². The van der Waals surface area contributed by atoms with Crippen molar-refractivity contribution in [3.05, 3.63) is 11.3 Å². The van der Waals surface area contributed by atoms with Crippen molar-refractivity contribution in [2.45, 2.75) is 0 Å². The van der Waals surface area contributed by atoms with Crippen molar-refractivity contribution in [2.24, 2.45) is 0 Å². The molecule has 0 fully saturated rings. The molecule has 0 aliphatic carbocycles. The molecule has 1 rings (SSSR count). The van der Waals surface area contributed by atoms with Gasteiger partial charge in [0, 0.05) is 0 Å². The standard InChI is InChI=1S/C7H8N2O4S/c1-12-6(10)3-4(7(11)13-2)9-14-5(3)8/h8H2,1-2H3. The van der Waals surface area contributed by atoms with Gasteiger partial charge in [0.25, 0.3) is 0 Å². The van der Waals surface area contributed by atoms with Crippen LogP contribution in [0.1, 0.15) is 20.8 Å². The second-order valence-corrected chi connectivity index (χ2v) is 3.06. The molecule has 0 radical (unpaired) electrons. The highest BCUT2D eigenvalue weighted by Gasteiger charge is 2.25. The van der Waals surface area contributed by atoms with E-state index in [1.54, 1.807) is 0 Å². The predicted molar refractivity (Wildman–Crippen MR) is 49.2 cm³/mol. The molecule has 1 aromatic heterocycles. The third-order valence-corrected chi connectivity index (χ3v) is 2.16. The van der Waals surface area contributed by atoms with E-state index in [-0.39, 0.29) is 16.3 Å². The zero-order chi connectivity index (χ0) is 10.7. The normalized spacial score (nSPS) is 9.57. The maximum Gasteiger partial charge on any atom is 0.358 e. The van der Waals surface area contributed by atoms with Crippen LogP contribution in [0.15, 0.2) is 0 Å². The number of esters is 2. The number of hydrogen-bond donors (Lipinski definition) is 1. The van der Waals surface area contributed by atoms with Crippen LogP contribution in [0.3, 0.4) is 0 Å². The average molecular weight is 216 g/mol. The van der Waals surface area contributed by atoms with Crippen molar-refractivity contribution in [3.8, 4) is 0 Å². The van der Waals surface area contributed by atoms with Crippen LogP contribution in [0, 0.1) is 0 Å². The second-order valence-electron chi connectivity index (χ2n) is 2.25. The molecule has 0 saturated carbocycles. The van der Waals surface area contributed by atoms with Gasteiger partial charge in [0.2, 0.25) is 0 Å². The van der Waals surface area contributed by atoms with Crippen LogP contribution < -0.4 is 5.73 Å². The summed E-state index contributed by atoms with van der Waals surface area (Å²) in [5.74, 6) is -1.41. The molecule has 76 valence electrons. The van der Waals surface area contributed by atoms with Crippen molar-refractivity contribution in [3.63, 3.8) is 0 Å². The number of carbonyl (C=O) groups excluding carboxylic acids is 2. The number of nitrogens with two attached hydrogens (primary N) is 1. The van der Waals surface area contributed by atoms with E-state index >= 15 is 0 Å². The van der Waals surface area contributed by atoms with Gasteiger partial charge in [0.15, 0.2) is 5.69 Å². The number of rotatable bonds is 2. The lowest BCUT2D eigenvalue weighted by Crippen LogP contribution is -2.11.